The summed E-state index contributed by atoms with van der Waals surface area (Å²) in [6.45, 7) is 0. The first-order valence-electron chi connectivity index (χ1n) is 20.8. The Morgan fingerprint density at radius 3 is 1.77 bits per heavy atom. The molecule has 0 N–H and O–H groups in total. The Labute approximate surface area is 354 Å². The van der Waals surface area contributed by atoms with Crippen LogP contribution in [0.5, 0.6) is 0 Å². The molecule has 12 rings (SSSR count). The maximum absolute atomic E-state index is 2.51. The van der Waals surface area contributed by atoms with Crippen molar-refractivity contribution in [2.45, 2.75) is 12.3 Å². The van der Waals surface area contributed by atoms with Gasteiger partial charge in [0.25, 0.3) is 0 Å². The number of rotatable bonds is 6. The van der Waals surface area contributed by atoms with Crippen LogP contribution in [-0.4, -0.2) is 0 Å². The summed E-state index contributed by atoms with van der Waals surface area (Å²) in [5.74, 6) is 0.217. The third kappa shape index (κ3) is 5.75. The molecule has 0 saturated heterocycles. The minimum atomic E-state index is 0.217. The number of hydrogen-bond acceptors (Lipinski definition) is 2. The zero-order chi connectivity index (χ0) is 39.6. The standard InChI is InChI=1S/C58H39NS/c1-2-14-38(15-3-1)42-30-33-49-51(35-43-18-6-7-21-46(43)53(49)34-42)44-36-52(58-54(37-44)50-24-10-11-27-57(50)60-58)41-28-31-45(32-29-41)59(55-25-12-19-39-16-4-8-22-47(39)55)56-26-13-20-40-17-5-9-23-48(40)56/h1-34,36-37,51H,35H2. The highest BCUT2D eigenvalue weighted by Crippen LogP contribution is 2.49. The van der Waals surface area contributed by atoms with Gasteiger partial charge in [0.05, 0.1) is 11.4 Å². The molecule has 1 atom stereocenters. The van der Waals surface area contributed by atoms with E-state index in [9.17, 15) is 0 Å². The van der Waals surface area contributed by atoms with Gasteiger partial charge in [-0.25, -0.2) is 0 Å². The van der Waals surface area contributed by atoms with Crippen LogP contribution in [0, 0.1) is 0 Å². The molecule has 1 aromatic heterocycles. The summed E-state index contributed by atoms with van der Waals surface area (Å²) in [6, 6.07) is 80.9. The molecule has 1 nitrogen and oxygen atoms in total. The normalized spacial score (nSPS) is 13.4. The maximum Gasteiger partial charge on any atom is 0.0540 e. The lowest BCUT2D eigenvalue weighted by atomic mass is 9.74. The van der Waals surface area contributed by atoms with E-state index in [2.05, 4.69) is 223 Å². The summed E-state index contributed by atoms with van der Waals surface area (Å²) < 4.78 is 2.66. The van der Waals surface area contributed by atoms with Crippen molar-refractivity contribution >= 4 is 70.1 Å². The van der Waals surface area contributed by atoms with Crippen LogP contribution >= 0.6 is 11.3 Å². The SMILES string of the molecule is c1ccc(-c2ccc3c(c2)-c2ccccc2CC3c2cc(-c3ccc(N(c4cccc5ccccc45)c4cccc5ccccc45)cc3)c3sc4ccccc4c3c2)cc1. The van der Waals surface area contributed by atoms with Crippen LogP contribution in [-0.2, 0) is 6.42 Å². The lowest BCUT2D eigenvalue weighted by Crippen LogP contribution is -2.13. The molecule has 11 aromatic rings. The van der Waals surface area contributed by atoms with Gasteiger partial charge in [0, 0.05) is 42.6 Å². The van der Waals surface area contributed by atoms with Crippen LogP contribution in [0.25, 0.3) is 75.1 Å². The predicted molar refractivity (Wildman–Crippen MR) is 257 cm³/mol. The van der Waals surface area contributed by atoms with Crippen molar-refractivity contribution in [3.8, 4) is 33.4 Å². The molecule has 1 aliphatic carbocycles. The third-order valence-electron chi connectivity index (χ3n) is 12.6. The number of thiophene rings is 1. The lowest BCUT2D eigenvalue weighted by molar-refractivity contribution is 0.795. The minimum absolute atomic E-state index is 0.217. The lowest BCUT2D eigenvalue weighted by Gasteiger charge is -2.29. The average molecular weight is 782 g/mol. The minimum Gasteiger partial charge on any atom is -0.309 e. The van der Waals surface area contributed by atoms with Gasteiger partial charge in [-0.1, -0.05) is 170 Å². The molecule has 0 bridgehead atoms. The molecule has 0 aliphatic heterocycles. The van der Waals surface area contributed by atoms with Crippen LogP contribution in [0.4, 0.5) is 17.1 Å². The first kappa shape index (κ1) is 34.8. The third-order valence-corrected chi connectivity index (χ3v) is 13.8. The molecular weight excluding hydrogens is 743 g/mol. The van der Waals surface area contributed by atoms with Gasteiger partial charge in [0.1, 0.15) is 0 Å². The van der Waals surface area contributed by atoms with E-state index in [4.69, 9.17) is 0 Å². The molecule has 0 amide bonds. The van der Waals surface area contributed by atoms with Gasteiger partial charge in [-0.15, -0.1) is 11.3 Å². The van der Waals surface area contributed by atoms with Gasteiger partial charge < -0.3 is 4.90 Å². The molecule has 282 valence electrons. The van der Waals surface area contributed by atoms with Gasteiger partial charge in [-0.3, -0.25) is 0 Å². The Balaban J connectivity index is 1.03. The fraction of sp³-hybridized carbons (Fsp3) is 0.0345. The monoisotopic (exact) mass is 781 g/mol. The fourth-order valence-corrected chi connectivity index (χ4v) is 11.0. The molecule has 1 unspecified atom stereocenters. The molecule has 10 aromatic carbocycles. The van der Waals surface area contributed by atoms with Crippen molar-refractivity contribution in [3.05, 3.63) is 235 Å². The van der Waals surface area contributed by atoms with E-state index in [1.54, 1.807) is 0 Å². The van der Waals surface area contributed by atoms with Gasteiger partial charge in [0.2, 0.25) is 0 Å². The van der Waals surface area contributed by atoms with Gasteiger partial charge in [0.15, 0.2) is 0 Å². The molecule has 1 heterocycles. The summed E-state index contributed by atoms with van der Waals surface area (Å²) in [4.78, 5) is 2.44. The highest BCUT2D eigenvalue weighted by molar-refractivity contribution is 7.26. The van der Waals surface area contributed by atoms with Crippen LogP contribution < -0.4 is 4.90 Å². The van der Waals surface area contributed by atoms with E-state index < -0.39 is 0 Å². The Kier molecular flexibility index (Phi) is 8.24. The quantitative estimate of drug-likeness (QED) is 0.162. The smallest absolute Gasteiger partial charge is 0.0540 e. The van der Waals surface area contributed by atoms with E-state index in [0.717, 1.165) is 23.5 Å². The van der Waals surface area contributed by atoms with Gasteiger partial charge in [-0.2, -0.15) is 0 Å². The topological polar surface area (TPSA) is 3.24 Å². The molecule has 0 radical (unpaired) electrons. The predicted octanol–water partition coefficient (Wildman–Crippen LogP) is 16.5. The van der Waals surface area contributed by atoms with Crippen molar-refractivity contribution < 1.29 is 0 Å². The molecule has 2 heteroatoms. The number of benzene rings is 10. The zero-order valence-corrected chi connectivity index (χ0v) is 33.7. The fourth-order valence-electron chi connectivity index (χ4n) is 9.76. The van der Waals surface area contributed by atoms with Crippen molar-refractivity contribution in [3.63, 3.8) is 0 Å². The van der Waals surface area contributed by atoms with Crippen LogP contribution in [0.2, 0.25) is 0 Å². The number of fused-ring (bicyclic) bond motifs is 8. The first-order valence-corrected chi connectivity index (χ1v) is 21.7. The average Bonchev–Trinajstić information content (AvgIpc) is 3.70. The van der Waals surface area contributed by atoms with Crippen LogP contribution in [0.3, 0.4) is 0 Å². The van der Waals surface area contributed by atoms with Crippen molar-refractivity contribution in [1.29, 1.82) is 0 Å². The summed E-state index contributed by atoms with van der Waals surface area (Å²) in [5, 5.41) is 7.56. The largest absolute Gasteiger partial charge is 0.309 e. The Bertz CT molecular complexity index is 3320. The molecule has 1 aliphatic rings. The summed E-state index contributed by atoms with van der Waals surface area (Å²) in [6.07, 6.45) is 0.963. The highest BCUT2D eigenvalue weighted by atomic mass is 32.1. The number of hydrogen-bond donors (Lipinski definition) is 0. The Morgan fingerprint density at radius 2 is 1.02 bits per heavy atom. The number of anilines is 3. The maximum atomic E-state index is 2.51. The van der Waals surface area contributed by atoms with E-state index in [-0.39, 0.29) is 5.92 Å². The molecule has 0 spiro atoms. The number of nitrogens with zero attached hydrogens (tertiary/aromatic N) is 1. The highest BCUT2D eigenvalue weighted by Gasteiger charge is 2.28. The molecule has 0 saturated carbocycles. The van der Waals surface area contributed by atoms with E-state index >= 15 is 0 Å². The molecular formula is C58H39NS. The molecule has 0 fully saturated rings. The van der Waals surface area contributed by atoms with Crippen molar-refractivity contribution in [1.82, 2.24) is 0 Å². The van der Waals surface area contributed by atoms with Crippen LogP contribution in [0.1, 0.15) is 22.6 Å². The zero-order valence-electron chi connectivity index (χ0n) is 32.9. The first-order chi connectivity index (χ1) is 29.7. The second-order valence-electron chi connectivity index (χ2n) is 16.0. The van der Waals surface area contributed by atoms with Crippen molar-refractivity contribution in [2.24, 2.45) is 0 Å². The van der Waals surface area contributed by atoms with E-state index in [1.165, 1.54) is 91.8 Å². The Hall–Kier alpha value is -7.26. The van der Waals surface area contributed by atoms with Crippen molar-refractivity contribution in [2.75, 3.05) is 4.90 Å². The van der Waals surface area contributed by atoms with E-state index in [0.29, 0.717) is 0 Å². The van der Waals surface area contributed by atoms with Crippen LogP contribution in [0.15, 0.2) is 218 Å². The second-order valence-corrected chi connectivity index (χ2v) is 17.1. The Morgan fingerprint density at radius 1 is 0.400 bits per heavy atom. The van der Waals surface area contributed by atoms with Gasteiger partial charge in [-0.05, 0) is 116 Å². The van der Waals surface area contributed by atoms with Gasteiger partial charge >= 0.3 is 0 Å². The molecule has 60 heavy (non-hydrogen) atoms. The summed E-state index contributed by atoms with van der Waals surface area (Å²) in [5.41, 5.74) is 15.3. The van der Waals surface area contributed by atoms with E-state index in [1.807, 2.05) is 11.3 Å². The summed E-state index contributed by atoms with van der Waals surface area (Å²) >= 11 is 1.91. The second kappa shape index (κ2) is 14.2. The summed E-state index contributed by atoms with van der Waals surface area (Å²) in [7, 11) is 0.